The van der Waals surface area contributed by atoms with Gasteiger partial charge in [-0.25, -0.2) is 4.79 Å². The monoisotopic (exact) mass is 405 g/mol. The lowest BCUT2D eigenvalue weighted by atomic mass is 9.95. The Morgan fingerprint density at radius 1 is 1.14 bits per heavy atom. The van der Waals surface area contributed by atoms with Gasteiger partial charge in [0.1, 0.15) is 5.00 Å². The van der Waals surface area contributed by atoms with E-state index >= 15 is 0 Å². The number of carbonyl (C=O) groups is 1. The first-order valence-corrected chi connectivity index (χ1v) is 11.4. The summed E-state index contributed by atoms with van der Waals surface area (Å²) in [6.07, 6.45) is 7.99. The zero-order chi connectivity index (χ0) is 20.0. The summed E-state index contributed by atoms with van der Waals surface area (Å²) < 4.78 is 2.31. The van der Waals surface area contributed by atoms with Crippen LogP contribution < -0.4 is 5.32 Å². The molecule has 2 aromatic heterocycles. The quantitative estimate of drug-likeness (QED) is 0.550. The number of nitrogens with one attached hydrogen (secondary N) is 1. The molecule has 0 fully saturated rings. The highest BCUT2D eigenvalue weighted by Crippen LogP contribution is 2.42. The van der Waals surface area contributed by atoms with Gasteiger partial charge in [-0.2, -0.15) is 0 Å². The molecule has 2 amide bonds. The zero-order valence-corrected chi connectivity index (χ0v) is 17.9. The number of aromatic nitrogens is 1. The van der Waals surface area contributed by atoms with Gasteiger partial charge < -0.3 is 14.8 Å². The van der Waals surface area contributed by atoms with Crippen LogP contribution in [-0.2, 0) is 25.8 Å². The van der Waals surface area contributed by atoms with Gasteiger partial charge in [-0.05, 0) is 74.4 Å². The molecule has 2 aliphatic rings. The molecule has 29 heavy (non-hydrogen) atoms. The van der Waals surface area contributed by atoms with Gasteiger partial charge in [0.15, 0.2) is 0 Å². The summed E-state index contributed by atoms with van der Waals surface area (Å²) in [7, 11) is 0. The zero-order valence-electron chi connectivity index (χ0n) is 17.1. The van der Waals surface area contributed by atoms with E-state index in [1.807, 2.05) is 28.4 Å². The van der Waals surface area contributed by atoms with Gasteiger partial charge in [-0.15, -0.1) is 11.3 Å². The highest BCUT2D eigenvalue weighted by molar-refractivity contribution is 7.15. The number of carbonyl (C=O) groups excluding carboxylic acids is 1. The van der Waals surface area contributed by atoms with E-state index in [2.05, 4.69) is 54.2 Å². The molecule has 0 spiro atoms. The van der Waals surface area contributed by atoms with Crippen LogP contribution in [0.15, 0.2) is 42.6 Å². The third-order valence-corrected chi connectivity index (χ3v) is 7.69. The van der Waals surface area contributed by atoms with Crippen molar-refractivity contribution in [3.05, 3.63) is 69.9 Å². The Morgan fingerprint density at radius 3 is 2.72 bits per heavy atom. The van der Waals surface area contributed by atoms with Crippen molar-refractivity contribution in [3.63, 3.8) is 0 Å². The Hall–Kier alpha value is -2.53. The molecule has 5 rings (SSSR count). The highest BCUT2D eigenvalue weighted by atomic mass is 32.1. The topological polar surface area (TPSA) is 37.3 Å². The maximum Gasteiger partial charge on any atom is 0.322 e. The van der Waals surface area contributed by atoms with Gasteiger partial charge >= 0.3 is 6.03 Å². The molecular formula is C24H27N3OS. The standard InChI is InChI=1S/C24H27N3OS/c1-3-17-10-12-18(13-11-17)25-24(28)27-15-20-19-7-4-5-9-22(19)29-23(20)26-14-6-8-21(26)16(27)2/h6,8,10-14,16H,3-5,7,9,15H2,1-2H3,(H,25,28)/t16-/m1/s1. The molecule has 1 N–H and O–H groups in total. The van der Waals surface area contributed by atoms with Crippen LogP contribution in [0.1, 0.15) is 60.0 Å². The van der Waals surface area contributed by atoms with Crippen molar-refractivity contribution in [3.8, 4) is 5.00 Å². The van der Waals surface area contributed by atoms with E-state index in [4.69, 9.17) is 0 Å². The molecule has 0 radical (unpaired) electrons. The summed E-state index contributed by atoms with van der Waals surface area (Å²) in [6.45, 7) is 4.94. The predicted octanol–water partition coefficient (Wildman–Crippen LogP) is 6.09. The van der Waals surface area contributed by atoms with E-state index in [1.165, 1.54) is 51.5 Å². The molecule has 0 bridgehead atoms. The van der Waals surface area contributed by atoms with Crippen LogP contribution in [0.2, 0.25) is 0 Å². The number of nitrogens with zero attached hydrogens (tertiary/aromatic N) is 2. The van der Waals surface area contributed by atoms with Crippen LogP contribution in [0.3, 0.4) is 0 Å². The lowest BCUT2D eigenvalue weighted by molar-refractivity contribution is 0.189. The fourth-order valence-corrected chi connectivity index (χ4v) is 6.03. The van der Waals surface area contributed by atoms with E-state index in [9.17, 15) is 4.79 Å². The molecule has 4 nitrogen and oxygen atoms in total. The number of rotatable bonds is 2. The second-order valence-electron chi connectivity index (χ2n) is 8.08. The van der Waals surface area contributed by atoms with Crippen LogP contribution in [0.5, 0.6) is 0 Å². The van der Waals surface area contributed by atoms with Crippen molar-refractivity contribution in [1.29, 1.82) is 0 Å². The first-order valence-electron chi connectivity index (χ1n) is 10.6. The summed E-state index contributed by atoms with van der Waals surface area (Å²) in [5, 5.41) is 4.44. The van der Waals surface area contributed by atoms with Gasteiger partial charge in [0.2, 0.25) is 0 Å². The first-order chi connectivity index (χ1) is 14.2. The molecule has 150 valence electrons. The summed E-state index contributed by atoms with van der Waals surface area (Å²) in [6, 6.07) is 12.4. The van der Waals surface area contributed by atoms with Gasteiger partial charge in [-0.3, -0.25) is 0 Å². The molecule has 1 aromatic carbocycles. The van der Waals surface area contributed by atoms with Crippen LogP contribution in [0.4, 0.5) is 10.5 Å². The van der Waals surface area contributed by atoms with E-state index in [1.54, 1.807) is 0 Å². The van der Waals surface area contributed by atoms with E-state index < -0.39 is 0 Å². The van der Waals surface area contributed by atoms with Crippen LogP contribution >= 0.6 is 11.3 Å². The highest BCUT2D eigenvalue weighted by Gasteiger charge is 2.32. The minimum Gasteiger partial charge on any atom is -0.312 e. The average molecular weight is 406 g/mol. The van der Waals surface area contributed by atoms with E-state index in [0.717, 1.165) is 18.5 Å². The van der Waals surface area contributed by atoms with Gasteiger partial charge in [0.25, 0.3) is 0 Å². The number of thiophene rings is 1. The van der Waals surface area contributed by atoms with Crippen molar-refractivity contribution in [2.24, 2.45) is 0 Å². The van der Waals surface area contributed by atoms with Gasteiger partial charge in [0, 0.05) is 28.0 Å². The SMILES string of the molecule is CCc1ccc(NC(=O)N2Cc3c(sc4c3CCCC4)-n3cccc3[C@H]2C)cc1. The van der Waals surface area contributed by atoms with Gasteiger partial charge in [0.05, 0.1) is 12.6 Å². The van der Waals surface area contributed by atoms with Crippen LogP contribution in [0, 0.1) is 0 Å². The Morgan fingerprint density at radius 2 is 1.93 bits per heavy atom. The maximum atomic E-state index is 13.3. The Labute approximate surface area is 176 Å². The normalized spacial score (nSPS) is 17.9. The molecular weight excluding hydrogens is 378 g/mol. The maximum absolute atomic E-state index is 13.3. The Balaban J connectivity index is 1.50. The fourth-order valence-electron chi connectivity index (χ4n) is 4.63. The van der Waals surface area contributed by atoms with Crippen molar-refractivity contribution in [2.45, 2.75) is 58.5 Å². The van der Waals surface area contributed by atoms with Crippen molar-refractivity contribution in [2.75, 3.05) is 5.32 Å². The molecule has 3 heterocycles. The third kappa shape index (κ3) is 3.18. The molecule has 0 unspecified atom stereocenters. The summed E-state index contributed by atoms with van der Waals surface area (Å²) in [5.41, 5.74) is 6.15. The lowest BCUT2D eigenvalue weighted by Crippen LogP contribution is -2.36. The molecule has 1 aliphatic carbocycles. The number of hydrogen-bond acceptors (Lipinski definition) is 2. The smallest absolute Gasteiger partial charge is 0.312 e. The first kappa shape index (κ1) is 18.5. The minimum atomic E-state index is -0.0295. The Kier molecular flexibility index (Phi) is 4.70. The van der Waals surface area contributed by atoms with Crippen LogP contribution in [0.25, 0.3) is 5.00 Å². The van der Waals surface area contributed by atoms with Crippen molar-refractivity contribution < 1.29 is 4.79 Å². The predicted molar refractivity (Wildman–Crippen MR) is 119 cm³/mol. The number of urea groups is 1. The molecule has 3 aromatic rings. The minimum absolute atomic E-state index is 0.0127. The third-order valence-electron chi connectivity index (χ3n) is 6.36. The number of fused-ring (bicyclic) bond motifs is 5. The number of anilines is 1. The summed E-state index contributed by atoms with van der Waals surface area (Å²) in [4.78, 5) is 16.8. The number of amides is 2. The fraction of sp³-hybridized carbons (Fsp3) is 0.375. The second kappa shape index (κ2) is 7.38. The van der Waals surface area contributed by atoms with Crippen LogP contribution in [-0.4, -0.2) is 15.5 Å². The lowest BCUT2D eigenvalue weighted by Gasteiger charge is -2.28. The number of benzene rings is 1. The summed E-state index contributed by atoms with van der Waals surface area (Å²) in [5.74, 6) is 0. The molecule has 1 atom stereocenters. The molecule has 0 saturated carbocycles. The second-order valence-corrected chi connectivity index (χ2v) is 9.17. The number of aryl methyl sites for hydroxylation is 2. The number of hydrogen-bond donors (Lipinski definition) is 1. The van der Waals surface area contributed by atoms with Crippen molar-refractivity contribution >= 4 is 23.1 Å². The van der Waals surface area contributed by atoms with Gasteiger partial charge in [-0.1, -0.05) is 19.1 Å². The molecule has 1 aliphatic heterocycles. The average Bonchev–Trinajstić information content (AvgIpc) is 3.34. The van der Waals surface area contributed by atoms with Crippen molar-refractivity contribution in [1.82, 2.24) is 9.47 Å². The molecule has 5 heteroatoms. The Bertz CT molecular complexity index is 1050. The summed E-state index contributed by atoms with van der Waals surface area (Å²) >= 11 is 1.93. The largest absolute Gasteiger partial charge is 0.322 e. The van der Waals surface area contributed by atoms with E-state index in [-0.39, 0.29) is 12.1 Å². The van der Waals surface area contributed by atoms with E-state index in [0.29, 0.717) is 6.54 Å². The molecule has 0 saturated heterocycles.